The van der Waals surface area contributed by atoms with Crippen LogP contribution >= 0.6 is 0 Å². The van der Waals surface area contributed by atoms with E-state index in [-0.39, 0.29) is 6.04 Å². The van der Waals surface area contributed by atoms with E-state index in [9.17, 15) is 0 Å². The third kappa shape index (κ3) is 2.69. The Hall–Kier alpha value is -1.09. The van der Waals surface area contributed by atoms with Gasteiger partial charge in [-0.1, -0.05) is 12.5 Å². The standard InChI is InChI=1S/C17H27N3/c1-12-9-14(10-13(2)18)11-19-17(12)20-8-4-6-15-5-3-7-16(15)20/h9,11,13,15-16H,3-8,10,18H2,1-2H3. The summed E-state index contributed by atoms with van der Waals surface area (Å²) in [6.07, 6.45) is 9.86. The smallest absolute Gasteiger partial charge is 0.131 e. The van der Waals surface area contributed by atoms with E-state index in [2.05, 4.69) is 24.8 Å². The number of hydrogen-bond donors (Lipinski definition) is 1. The third-order valence-electron chi connectivity index (χ3n) is 4.93. The van der Waals surface area contributed by atoms with Gasteiger partial charge in [-0.3, -0.25) is 0 Å². The van der Waals surface area contributed by atoms with Crippen molar-refractivity contribution >= 4 is 5.82 Å². The highest BCUT2D eigenvalue weighted by Crippen LogP contribution is 2.39. The van der Waals surface area contributed by atoms with Crippen molar-refractivity contribution in [1.29, 1.82) is 0 Å². The Balaban J connectivity index is 1.82. The van der Waals surface area contributed by atoms with E-state index in [0.717, 1.165) is 18.4 Å². The maximum absolute atomic E-state index is 5.89. The highest BCUT2D eigenvalue weighted by molar-refractivity contribution is 5.49. The molecule has 3 nitrogen and oxygen atoms in total. The average Bonchev–Trinajstić information content (AvgIpc) is 2.86. The monoisotopic (exact) mass is 273 g/mol. The Morgan fingerprint density at radius 1 is 1.35 bits per heavy atom. The van der Waals surface area contributed by atoms with E-state index < -0.39 is 0 Å². The van der Waals surface area contributed by atoms with Gasteiger partial charge in [0, 0.05) is 24.8 Å². The molecular formula is C17H27N3. The number of nitrogens with zero attached hydrogens (tertiary/aromatic N) is 2. The van der Waals surface area contributed by atoms with Gasteiger partial charge in [0.05, 0.1) is 0 Å². The predicted octanol–water partition coefficient (Wildman–Crippen LogP) is 3.05. The molecule has 1 aliphatic heterocycles. The van der Waals surface area contributed by atoms with E-state index in [1.165, 1.54) is 55.6 Å². The van der Waals surface area contributed by atoms with Crippen LogP contribution in [0.4, 0.5) is 5.82 Å². The number of piperidine rings is 1. The van der Waals surface area contributed by atoms with Gasteiger partial charge in [-0.25, -0.2) is 4.98 Å². The molecule has 2 aliphatic rings. The molecule has 0 radical (unpaired) electrons. The van der Waals surface area contributed by atoms with Gasteiger partial charge < -0.3 is 10.6 Å². The highest BCUT2D eigenvalue weighted by Gasteiger charge is 2.35. The van der Waals surface area contributed by atoms with Crippen molar-refractivity contribution in [3.63, 3.8) is 0 Å². The molecule has 0 bridgehead atoms. The molecule has 1 aromatic rings. The van der Waals surface area contributed by atoms with Crippen LogP contribution in [0.3, 0.4) is 0 Å². The minimum absolute atomic E-state index is 0.205. The average molecular weight is 273 g/mol. The zero-order chi connectivity index (χ0) is 14.1. The van der Waals surface area contributed by atoms with Crippen LogP contribution < -0.4 is 10.6 Å². The maximum atomic E-state index is 5.89. The lowest BCUT2D eigenvalue weighted by Gasteiger charge is -2.39. The Bertz CT molecular complexity index is 469. The number of fused-ring (bicyclic) bond motifs is 1. The molecule has 1 aromatic heterocycles. The summed E-state index contributed by atoms with van der Waals surface area (Å²) in [6, 6.07) is 3.23. The third-order valence-corrected chi connectivity index (χ3v) is 4.93. The number of aromatic nitrogens is 1. The van der Waals surface area contributed by atoms with E-state index >= 15 is 0 Å². The largest absolute Gasteiger partial charge is 0.353 e. The zero-order valence-corrected chi connectivity index (χ0v) is 12.8. The van der Waals surface area contributed by atoms with Gasteiger partial charge in [-0.15, -0.1) is 0 Å². The number of rotatable bonds is 3. The Morgan fingerprint density at radius 3 is 2.90 bits per heavy atom. The van der Waals surface area contributed by atoms with Crippen molar-refractivity contribution in [3.05, 3.63) is 23.4 Å². The van der Waals surface area contributed by atoms with Crippen LogP contribution in [0.25, 0.3) is 0 Å². The minimum Gasteiger partial charge on any atom is -0.353 e. The topological polar surface area (TPSA) is 42.1 Å². The first-order valence-electron chi connectivity index (χ1n) is 8.13. The summed E-state index contributed by atoms with van der Waals surface area (Å²) in [6.45, 7) is 5.43. The van der Waals surface area contributed by atoms with Crippen molar-refractivity contribution in [2.45, 2.75) is 64.5 Å². The van der Waals surface area contributed by atoms with Gasteiger partial charge in [0.25, 0.3) is 0 Å². The van der Waals surface area contributed by atoms with Gasteiger partial charge in [0.2, 0.25) is 0 Å². The van der Waals surface area contributed by atoms with Crippen molar-refractivity contribution in [2.24, 2.45) is 11.7 Å². The van der Waals surface area contributed by atoms with Crippen LogP contribution in [0.15, 0.2) is 12.3 Å². The molecule has 0 aromatic carbocycles. The molecule has 1 saturated carbocycles. The van der Waals surface area contributed by atoms with Crippen molar-refractivity contribution < 1.29 is 0 Å². The molecule has 3 unspecified atom stereocenters. The second-order valence-corrected chi connectivity index (χ2v) is 6.76. The number of pyridine rings is 1. The van der Waals surface area contributed by atoms with Crippen LogP contribution in [0.2, 0.25) is 0 Å². The normalized spacial score (nSPS) is 27.4. The molecule has 3 heteroatoms. The molecule has 20 heavy (non-hydrogen) atoms. The molecule has 1 saturated heterocycles. The Kier molecular flexibility index (Phi) is 3.97. The SMILES string of the molecule is Cc1cc(CC(C)N)cnc1N1CCCC2CCCC21. The number of aryl methyl sites for hydroxylation is 1. The summed E-state index contributed by atoms with van der Waals surface area (Å²) >= 11 is 0. The van der Waals surface area contributed by atoms with E-state index in [4.69, 9.17) is 10.7 Å². The Morgan fingerprint density at radius 2 is 2.15 bits per heavy atom. The number of nitrogens with two attached hydrogens (primary N) is 1. The summed E-state index contributed by atoms with van der Waals surface area (Å²) < 4.78 is 0. The van der Waals surface area contributed by atoms with Crippen molar-refractivity contribution in [1.82, 2.24) is 4.98 Å². The number of hydrogen-bond acceptors (Lipinski definition) is 3. The van der Waals surface area contributed by atoms with E-state index in [1.54, 1.807) is 0 Å². The van der Waals surface area contributed by atoms with Crippen molar-refractivity contribution in [2.75, 3.05) is 11.4 Å². The summed E-state index contributed by atoms with van der Waals surface area (Å²) in [5.74, 6) is 2.13. The lowest BCUT2D eigenvalue weighted by molar-refractivity contribution is 0.360. The van der Waals surface area contributed by atoms with Crippen LogP contribution in [0, 0.1) is 12.8 Å². The molecule has 3 atom stereocenters. The first kappa shape index (κ1) is 13.9. The molecule has 0 spiro atoms. The van der Waals surface area contributed by atoms with E-state index in [1.807, 2.05) is 6.20 Å². The van der Waals surface area contributed by atoms with Gasteiger partial charge in [0.1, 0.15) is 5.82 Å². The van der Waals surface area contributed by atoms with Gasteiger partial charge in [0.15, 0.2) is 0 Å². The summed E-state index contributed by atoms with van der Waals surface area (Å²) in [4.78, 5) is 7.38. The fourth-order valence-corrected chi connectivity index (χ4v) is 4.13. The molecule has 0 amide bonds. The van der Waals surface area contributed by atoms with Gasteiger partial charge in [-0.2, -0.15) is 0 Å². The summed E-state index contributed by atoms with van der Waals surface area (Å²) in [5.41, 5.74) is 8.47. The lowest BCUT2D eigenvalue weighted by atomic mass is 9.91. The predicted molar refractivity (Wildman–Crippen MR) is 84.0 cm³/mol. The van der Waals surface area contributed by atoms with Gasteiger partial charge >= 0.3 is 0 Å². The molecule has 2 heterocycles. The maximum Gasteiger partial charge on any atom is 0.131 e. The minimum atomic E-state index is 0.205. The van der Waals surface area contributed by atoms with Crippen LogP contribution in [0.1, 0.15) is 50.2 Å². The van der Waals surface area contributed by atoms with E-state index in [0.29, 0.717) is 0 Å². The summed E-state index contributed by atoms with van der Waals surface area (Å²) in [5, 5.41) is 0. The quantitative estimate of drug-likeness (QED) is 0.920. The second kappa shape index (κ2) is 5.72. The molecule has 3 rings (SSSR count). The van der Waals surface area contributed by atoms with Gasteiger partial charge in [-0.05, 0) is 63.0 Å². The fourth-order valence-electron chi connectivity index (χ4n) is 4.13. The fraction of sp³-hybridized carbons (Fsp3) is 0.706. The van der Waals surface area contributed by atoms with Crippen LogP contribution in [-0.2, 0) is 6.42 Å². The molecule has 2 N–H and O–H groups in total. The Labute approximate surface area is 122 Å². The molecular weight excluding hydrogens is 246 g/mol. The molecule has 110 valence electrons. The zero-order valence-electron chi connectivity index (χ0n) is 12.8. The molecule has 1 aliphatic carbocycles. The number of anilines is 1. The van der Waals surface area contributed by atoms with Crippen molar-refractivity contribution in [3.8, 4) is 0 Å². The first-order valence-corrected chi connectivity index (χ1v) is 8.13. The lowest BCUT2D eigenvalue weighted by Crippen LogP contribution is -2.43. The summed E-state index contributed by atoms with van der Waals surface area (Å²) in [7, 11) is 0. The van der Waals surface area contributed by atoms with Crippen LogP contribution in [-0.4, -0.2) is 23.6 Å². The molecule has 2 fully saturated rings. The van der Waals surface area contributed by atoms with Crippen LogP contribution in [0.5, 0.6) is 0 Å². The second-order valence-electron chi connectivity index (χ2n) is 6.76. The highest BCUT2D eigenvalue weighted by atomic mass is 15.2. The first-order chi connectivity index (χ1) is 9.65.